The van der Waals surface area contributed by atoms with Crippen molar-refractivity contribution in [2.24, 2.45) is 0 Å². The average molecular weight is 326 g/mol. The van der Waals surface area contributed by atoms with Gasteiger partial charge in [-0.25, -0.2) is 0 Å². The second kappa shape index (κ2) is 5.52. The topological polar surface area (TPSA) is 47.9 Å². The van der Waals surface area contributed by atoms with Crippen molar-refractivity contribution >= 4 is 33.6 Å². The summed E-state index contributed by atoms with van der Waals surface area (Å²) in [7, 11) is 1.60. The maximum absolute atomic E-state index is 10.1. The molecule has 4 rings (SSSR count). The fourth-order valence-electron chi connectivity index (χ4n) is 2.61. The van der Waals surface area contributed by atoms with Crippen LogP contribution in [-0.4, -0.2) is 19.0 Å². The van der Waals surface area contributed by atoms with Gasteiger partial charge in [0.25, 0.3) is 0 Å². The highest BCUT2D eigenvalue weighted by Crippen LogP contribution is 2.42. The zero-order chi connectivity index (χ0) is 15.8. The van der Waals surface area contributed by atoms with Crippen molar-refractivity contribution in [1.82, 2.24) is 0 Å². The van der Waals surface area contributed by atoms with Crippen LogP contribution >= 0.6 is 11.3 Å². The van der Waals surface area contributed by atoms with Crippen LogP contribution in [0.2, 0.25) is 0 Å². The Morgan fingerprint density at radius 2 is 1.96 bits per heavy atom. The van der Waals surface area contributed by atoms with Crippen molar-refractivity contribution < 1.29 is 19.3 Å². The summed E-state index contributed by atoms with van der Waals surface area (Å²) in [5, 5.41) is 12.9. The van der Waals surface area contributed by atoms with Crippen molar-refractivity contribution in [2.45, 2.75) is 0 Å². The largest absolute Gasteiger partial charge is 0.507 e. The van der Waals surface area contributed by atoms with Gasteiger partial charge in [-0.1, -0.05) is 12.2 Å². The first-order valence-electron chi connectivity index (χ1n) is 7.10. The summed E-state index contributed by atoms with van der Waals surface area (Å²) in [6.07, 6.45) is 3.91. The number of thiophene rings is 1. The molecule has 0 saturated carbocycles. The van der Waals surface area contributed by atoms with Crippen molar-refractivity contribution in [1.29, 1.82) is 0 Å². The highest BCUT2D eigenvalue weighted by atomic mass is 32.1. The molecule has 3 aromatic rings. The van der Waals surface area contributed by atoms with Crippen LogP contribution < -0.4 is 14.2 Å². The fraction of sp³-hybridized carbons (Fsp3) is 0.111. The molecule has 0 amide bonds. The fourth-order valence-corrected chi connectivity index (χ4v) is 3.46. The van der Waals surface area contributed by atoms with Crippen LogP contribution in [0.25, 0.3) is 22.2 Å². The van der Waals surface area contributed by atoms with Gasteiger partial charge in [0.1, 0.15) is 5.75 Å². The molecule has 1 aliphatic rings. The number of phenolic OH excluding ortho intramolecular Hbond substituents is 1. The van der Waals surface area contributed by atoms with Crippen LogP contribution in [0.15, 0.2) is 35.7 Å². The summed E-state index contributed by atoms with van der Waals surface area (Å²) < 4.78 is 17.2. The second-order valence-corrected chi connectivity index (χ2v) is 6.11. The van der Waals surface area contributed by atoms with Crippen molar-refractivity contribution in [3.63, 3.8) is 0 Å². The molecule has 0 atom stereocenters. The van der Waals surface area contributed by atoms with E-state index in [1.165, 1.54) is 0 Å². The zero-order valence-electron chi connectivity index (χ0n) is 12.4. The molecule has 0 saturated heterocycles. The van der Waals surface area contributed by atoms with Gasteiger partial charge < -0.3 is 19.3 Å². The minimum Gasteiger partial charge on any atom is -0.507 e. The van der Waals surface area contributed by atoms with E-state index in [1.54, 1.807) is 24.5 Å². The number of methoxy groups -OCH3 is 1. The highest BCUT2D eigenvalue weighted by molar-refractivity contribution is 7.17. The number of aromatic hydroxyl groups is 1. The molecule has 116 valence electrons. The molecule has 1 aliphatic heterocycles. The molecular formula is C18H14O4S. The molecule has 4 nitrogen and oxygen atoms in total. The average Bonchev–Trinajstić information content (AvgIpc) is 3.20. The quantitative estimate of drug-likeness (QED) is 0.719. The van der Waals surface area contributed by atoms with Gasteiger partial charge in [-0.15, -0.1) is 11.3 Å². The Bertz CT molecular complexity index is 911. The first-order valence-corrected chi connectivity index (χ1v) is 7.98. The van der Waals surface area contributed by atoms with Crippen LogP contribution in [0.1, 0.15) is 11.1 Å². The van der Waals surface area contributed by atoms with Gasteiger partial charge in [-0.3, -0.25) is 0 Å². The first kappa shape index (κ1) is 14.0. The summed E-state index contributed by atoms with van der Waals surface area (Å²) in [4.78, 5) is 0. The molecule has 0 spiro atoms. The van der Waals surface area contributed by atoms with E-state index in [9.17, 15) is 5.11 Å². The van der Waals surface area contributed by atoms with Gasteiger partial charge >= 0.3 is 0 Å². The molecule has 2 heterocycles. The normalized spacial score (nSPS) is 13.1. The third kappa shape index (κ3) is 2.49. The van der Waals surface area contributed by atoms with Crippen molar-refractivity contribution in [2.75, 3.05) is 13.9 Å². The summed E-state index contributed by atoms with van der Waals surface area (Å²) >= 11 is 1.61. The van der Waals surface area contributed by atoms with Crippen LogP contribution in [0.5, 0.6) is 23.0 Å². The minimum absolute atomic E-state index is 0.210. The highest BCUT2D eigenvalue weighted by Gasteiger charge is 2.19. The molecule has 0 aliphatic carbocycles. The van der Waals surface area contributed by atoms with Gasteiger partial charge in [0, 0.05) is 10.1 Å². The molecule has 0 radical (unpaired) electrons. The van der Waals surface area contributed by atoms with E-state index in [4.69, 9.17) is 14.2 Å². The Labute approximate surface area is 137 Å². The molecule has 2 aromatic carbocycles. The number of ether oxygens (including phenoxy) is 3. The monoisotopic (exact) mass is 326 g/mol. The lowest BCUT2D eigenvalue weighted by Crippen LogP contribution is -1.93. The lowest BCUT2D eigenvalue weighted by Gasteiger charge is -2.06. The number of rotatable bonds is 3. The Hall–Kier alpha value is -2.66. The lowest BCUT2D eigenvalue weighted by atomic mass is 10.1. The smallest absolute Gasteiger partial charge is 0.231 e. The molecule has 0 bridgehead atoms. The Balaban J connectivity index is 1.70. The summed E-state index contributed by atoms with van der Waals surface area (Å²) in [6.45, 7) is 0.210. The summed E-state index contributed by atoms with van der Waals surface area (Å²) in [6, 6.07) is 9.54. The standard InChI is InChI=1S/C18H14O4S/c1-20-15-7-12(8-16-18(15)22-10-21-16)3-2-11-6-14(19)13-4-5-23-17(13)9-11/h2-9,19H,10H2,1H3/b3-2+. The molecule has 0 unspecified atom stereocenters. The first-order chi connectivity index (χ1) is 11.2. The Morgan fingerprint density at radius 3 is 2.78 bits per heavy atom. The van der Waals surface area contributed by atoms with E-state index < -0.39 is 0 Å². The van der Waals surface area contributed by atoms with E-state index in [2.05, 4.69) is 6.07 Å². The molecular weight excluding hydrogens is 312 g/mol. The maximum Gasteiger partial charge on any atom is 0.231 e. The van der Waals surface area contributed by atoms with Gasteiger partial charge in [-0.05, 0) is 46.8 Å². The number of hydrogen-bond donors (Lipinski definition) is 1. The third-order valence-corrected chi connectivity index (χ3v) is 4.59. The van der Waals surface area contributed by atoms with Crippen molar-refractivity contribution in [3.05, 3.63) is 46.8 Å². The number of hydrogen-bond acceptors (Lipinski definition) is 5. The number of fused-ring (bicyclic) bond motifs is 2. The van der Waals surface area contributed by atoms with Gasteiger partial charge in [0.15, 0.2) is 11.5 Å². The van der Waals surface area contributed by atoms with Gasteiger partial charge in [-0.2, -0.15) is 0 Å². The van der Waals surface area contributed by atoms with Gasteiger partial charge in [0.2, 0.25) is 12.5 Å². The lowest BCUT2D eigenvalue weighted by molar-refractivity contribution is 0.171. The third-order valence-electron chi connectivity index (χ3n) is 3.72. The number of benzene rings is 2. The summed E-state index contributed by atoms with van der Waals surface area (Å²) in [5.41, 5.74) is 1.88. The molecule has 0 fully saturated rings. The predicted octanol–water partition coefficient (Wildman–Crippen LogP) is 4.51. The minimum atomic E-state index is 0.210. The zero-order valence-corrected chi connectivity index (χ0v) is 13.2. The van der Waals surface area contributed by atoms with Crippen LogP contribution in [0, 0.1) is 0 Å². The number of phenols is 1. The second-order valence-electron chi connectivity index (χ2n) is 5.16. The van der Waals surface area contributed by atoms with Crippen LogP contribution in [-0.2, 0) is 0 Å². The van der Waals surface area contributed by atoms with Crippen LogP contribution in [0.4, 0.5) is 0 Å². The van der Waals surface area contributed by atoms with Crippen molar-refractivity contribution in [3.8, 4) is 23.0 Å². The van der Waals surface area contributed by atoms with E-state index in [-0.39, 0.29) is 6.79 Å². The maximum atomic E-state index is 10.1. The van der Waals surface area contributed by atoms with E-state index in [0.29, 0.717) is 23.0 Å². The molecule has 1 aromatic heterocycles. The van der Waals surface area contributed by atoms with Crippen LogP contribution in [0.3, 0.4) is 0 Å². The molecule has 5 heteroatoms. The molecule has 1 N–H and O–H groups in total. The van der Waals surface area contributed by atoms with E-state index >= 15 is 0 Å². The SMILES string of the molecule is COc1cc(/C=C/c2cc(O)c3ccsc3c2)cc2c1OCO2. The van der Waals surface area contributed by atoms with E-state index in [0.717, 1.165) is 21.2 Å². The Morgan fingerprint density at radius 1 is 1.13 bits per heavy atom. The molecule has 23 heavy (non-hydrogen) atoms. The predicted molar refractivity (Wildman–Crippen MR) is 91.5 cm³/mol. The van der Waals surface area contributed by atoms with Gasteiger partial charge in [0.05, 0.1) is 7.11 Å². The van der Waals surface area contributed by atoms with E-state index in [1.807, 2.05) is 35.7 Å². The summed E-state index contributed by atoms with van der Waals surface area (Å²) in [5.74, 6) is 2.27. The Kier molecular flexibility index (Phi) is 3.35.